The lowest BCUT2D eigenvalue weighted by Crippen LogP contribution is -2.27. The van der Waals surface area contributed by atoms with E-state index in [1.54, 1.807) is 12.1 Å². The lowest BCUT2D eigenvalue weighted by atomic mass is 10.2. The van der Waals surface area contributed by atoms with Crippen molar-refractivity contribution in [1.29, 1.82) is 0 Å². The maximum atomic E-state index is 12.2. The van der Waals surface area contributed by atoms with Crippen LogP contribution < -0.4 is 5.73 Å². The minimum atomic E-state index is -3.59. The van der Waals surface area contributed by atoms with Gasteiger partial charge in [0.15, 0.2) is 0 Å². The molecule has 0 aliphatic heterocycles. The average Bonchev–Trinajstić information content (AvgIpc) is 2.29. The molecule has 0 radical (unpaired) electrons. The van der Waals surface area contributed by atoms with Crippen LogP contribution in [0, 0.1) is 0 Å². The van der Waals surface area contributed by atoms with Crippen LogP contribution in [-0.2, 0) is 16.6 Å². The van der Waals surface area contributed by atoms with Crippen molar-refractivity contribution in [2.24, 2.45) is 5.73 Å². The van der Waals surface area contributed by atoms with E-state index in [9.17, 15) is 8.42 Å². The normalized spacial score (nSPS) is 11.8. The molecule has 17 heavy (non-hydrogen) atoms. The highest BCUT2D eigenvalue weighted by Gasteiger charge is 2.22. The molecule has 0 heterocycles. The highest BCUT2D eigenvalue weighted by Crippen LogP contribution is 2.25. The van der Waals surface area contributed by atoms with Crippen LogP contribution in [0.2, 0.25) is 5.02 Å². The van der Waals surface area contributed by atoms with Crippen LogP contribution in [0.5, 0.6) is 0 Å². The van der Waals surface area contributed by atoms with E-state index in [2.05, 4.69) is 6.58 Å². The number of hydrogen-bond acceptors (Lipinski definition) is 3. The van der Waals surface area contributed by atoms with Crippen molar-refractivity contribution in [2.45, 2.75) is 11.4 Å². The van der Waals surface area contributed by atoms with Gasteiger partial charge in [-0.05, 0) is 17.7 Å². The third kappa shape index (κ3) is 3.07. The maximum absolute atomic E-state index is 12.2. The zero-order valence-electron chi connectivity index (χ0n) is 9.56. The van der Waals surface area contributed by atoms with E-state index in [1.165, 1.54) is 23.5 Å². The first-order chi connectivity index (χ1) is 7.93. The highest BCUT2D eigenvalue weighted by molar-refractivity contribution is 7.89. The number of sulfonamides is 1. The van der Waals surface area contributed by atoms with Crippen LogP contribution in [0.4, 0.5) is 0 Å². The zero-order chi connectivity index (χ0) is 13.1. The van der Waals surface area contributed by atoms with Gasteiger partial charge in [0.25, 0.3) is 0 Å². The Bertz CT molecular complexity index is 514. The molecule has 0 spiro atoms. The van der Waals surface area contributed by atoms with Crippen LogP contribution in [0.15, 0.2) is 35.7 Å². The van der Waals surface area contributed by atoms with Crippen LogP contribution in [0.1, 0.15) is 5.56 Å². The summed E-state index contributed by atoms with van der Waals surface area (Å²) in [7, 11) is -2.12. The van der Waals surface area contributed by atoms with Gasteiger partial charge in [0.1, 0.15) is 4.90 Å². The van der Waals surface area contributed by atoms with E-state index in [-0.39, 0.29) is 23.0 Å². The Labute approximate surface area is 107 Å². The van der Waals surface area contributed by atoms with Crippen molar-refractivity contribution in [1.82, 2.24) is 4.31 Å². The van der Waals surface area contributed by atoms with E-state index in [1.807, 2.05) is 0 Å². The molecular formula is C11H15ClN2O2S. The first-order valence-electron chi connectivity index (χ1n) is 4.99. The van der Waals surface area contributed by atoms with Gasteiger partial charge in [-0.2, -0.15) is 4.31 Å². The molecule has 1 aromatic carbocycles. The van der Waals surface area contributed by atoms with Crippen LogP contribution >= 0.6 is 11.6 Å². The third-order valence-corrected chi connectivity index (χ3v) is 4.61. The fourth-order valence-corrected chi connectivity index (χ4v) is 2.98. The predicted molar refractivity (Wildman–Crippen MR) is 69.4 cm³/mol. The van der Waals surface area contributed by atoms with Gasteiger partial charge in [-0.25, -0.2) is 8.42 Å². The van der Waals surface area contributed by atoms with Crippen LogP contribution in [-0.4, -0.2) is 26.3 Å². The lowest BCUT2D eigenvalue weighted by molar-refractivity contribution is 0.499. The van der Waals surface area contributed by atoms with Crippen LogP contribution in [0.3, 0.4) is 0 Å². The first kappa shape index (κ1) is 14.2. The number of nitrogens with zero attached hydrogens (tertiary/aromatic N) is 1. The Hall–Kier alpha value is -0.880. The Balaban J connectivity index is 3.27. The van der Waals surface area contributed by atoms with Crippen molar-refractivity contribution in [3.63, 3.8) is 0 Å². The summed E-state index contributed by atoms with van der Waals surface area (Å²) in [6.07, 6.45) is 1.51. The van der Waals surface area contributed by atoms with Gasteiger partial charge in [-0.15, -0.1) is 6.58 Å². The van der Waals surface area contributed by atoms with E-state index in [0.29, 0.717) is 0 Å². The number of halogens is 1. The Kier molecular flexibility index (Phi) is 4.70. The molecule has 0 aliphatic carbocycles. The summed E-state index contributed by atoms with van der Waals surface area (Å²) in [6, 6.07) is 4.74. The molecule has 0 aromatic heterocycles. The maximum Gasteiger partial charge on any atom is 0.244 e. The monoisotopic (exact) mass is 274 g/mol. The molecule has 6 heteroatoms. The van der Waals surface area contributed by atoms with Gasteiger partial charge in [0.2, 0.25) is 10.0 Å². The second-order valence-electron chi connectivity index (χ2n) is 3.54. The molecule has 0 saturated carbocycles. The average molecular weight is 275 g/mol. The van der Waals surface area contributed by atoms with Gasteiger partial charge in [0.05, 0.1) is 5.02 Å². The van der Waals surface area contributed by atoms with Crippen molar-refractivity contribution in [3.8, 4) is 0 Å². The molecule has 0 aliphatic rings. The second kappa shape index (κ2) is 5.64. The summed E-state index contributed by atoms with van der Waals surface area (Å²) in [4.78, 5) is 0.0754. The molecule has 0 unspecified atom stereocenters. The van der Waals surface area contributed by atoms with Crippen molar-refractivity contribution in [2.75, 3.05) is 13.6 Å². The van der Waals surface area contributed by atoms with Crippen molar-refractivity contribution >= 4 is 21.6 Å². The van der Waals surface area contributed by atoms with E-state index >= 15 is 0 Å². The van der Waals surface area contributed by atoms with Crippen molar-refractivity contribution in [3.05, 3.63) is 41.4 Å². The Morgan fingerprint density at radius 2 is 2.18 bits per heavy atom. The smallest absolute Gasteiger partial charge is 0.244 e. The number of nitrogens with two attached hydrogens (primary N) is 1. The zero-order valence-corrected chi connectivity index (χ0v) is 11.1. The molecule has 0 fully saturated rings. The molecule has 0 amide bonds. The largest absolute Gasteiger partial charge is 0.326 e. The van der Waals surface area contributed by atoms with Gasteiger partial charge < -0.3 is 5.73 Å². The molecule has 0 bridgehead atoms. The fourth-order valence-electron chi connectivity index (χ4n) is 1.32. The molecule has 2 N–H and O–H groups in total. The molecule has 94 valence electrons. The Morgan fingerprint density at radius 1 is 1.53 bits per heavy atom. The Morgan fingerprint density at radius 3 is 2.71 bits per heavy atom. The number of hydrogen-bond donors (Lipinski definition) is 1. The van der Waals surface area contributed by atoms with Crippen molar-refractivity contribution < 1.29 is 8.42 Å². The summed E-state index contributed by atoms with van der Waals surface area (Å²) in [5.41, 5.74) is 6.20. The summed E-state index contributed by atoms with van der Waals surface area (Å²) in [5.74, 6) is 0. The SMILES string of the molecule is C=CCN(C)S(=O)(=O)c1cc(CN)ccc1Cl. The fraction of sp³-hybridized carbons (Fsp3) is 0.273. The van der Waals surface area contributed by atoms with E-state index in [4.69, 9.17) is 17.3 Å². The molecular weight excluding hydrogens is 260 g/mol. The molecule has 0 atom stereocenters. The summed E-state index contributed by atoms with van der Waals surface area (Å²) >= 11 is 5.91. The minimum absolute atomic E-state index is 0.0754. The predicted octanol–water partition coefficient (Wildman–Crippen LogP) is 1.61. The topological polar surface area (TPSA) is 63.4 Å². The highest BCUT2D eigenvalue weighted by atomic mass is 35.5. The summed E-state index contributed by atoms with van der Waals surface area (Å²) in [5, 5.41) is 0.193. The van der Waals surface area contributed by atoms with E-state index in [0.717, 1.165) is 5.56 Å². The quantitative estimate of drug-likeness (QED) is 0.830. The van der Waals surface area contributed by atoms with Gasteiger partial charge in [-0.3, -0.25) is 0 Å². The number of likely N-dealkylation sites (N-methyl/N-ethyl adjacent to an activating group) is 1. The molecule has 1 aromatic rings. The molecule has 0 saturated heterocycles. The first-order valence-corrected chi connectivity index (χ1v) is 6.81. The molecule has 1 rings (SSSR count). The number of benzene rings is 1. The van der Waals surface area contributed by atoms with Crippen LogP contribution in [0.25, 0.3) is 0 Å². The summed E-state index contributed by atoms with van der Waals surface area (Å²) in [6.45, 7) is 4.00. The standard InChI is InChI=1S/C11H15ClN2O2S/c1-3-6-14(2)17(15,16)11-7-9(8-13)4-5-10(11)12/h3-5,7H,1,6,8,13H2,2H3. The van der Waals surface area contributed by atoms with Gasteiger partial charge in [-0.1, -0.05) is 23.7 Å². The third-order valence-electron chi connectivity index (χ3n) is 2.31. The number of rotatable bonds is 5. The van der Waals surface area contributed by atoms with Gasteiger partial charge >= 0.3 is 0 Å². The second-order valence-corrected chi connectivity index (χ2v) is 5.96. The summed E-state index contributed by atoms with van der Waals surface area (Å²) < 4.78 is 25.5. The molecule has 4 nitrogen and oxygen atoms in total. The minimum Gasteiger partial charge on any atom is -0.326 e. The lowest BCUT2D eigenvalue weighted by Gasteiger charge is -2.16. The van der Waals surface area contributed by atoms with E-state index < -0.39 is 10.0 Å². The van der Waals surface area contributed by atoms with Gasteiger partial charge in [0, 0.05) is 20.1 Å².